The van der Waals surface area contributed by atoms with Crippen LogP contribution in [0.4, 0.5) is 0 Å². The summed E-state index contributed by atoms with van der Waals surface area (Å²) in [6.07, 6.45) is 3.16. The van der Waals surface area contributed by atoms with E-state index in [0.717, 1.165) is 19.3 Å². The van der Waals surface area contributed by atoms with Gasteiger partial charge in [-0.3, -0.25) is 9.59 Å². The maximum atomic E-state index is 11.8. The van der Waals surface area contributed by atoms with Crippen LogP contribution in [0.3, 0.4) is 0 Å². The highest BCUT2D eigenvalue weighted by molar-refractivity contribution is 5.94. The highest BCUT2D eigenvalue weighted by Gasteiger charge is 2.29. The maximum absolute atomic E-state index is 11.8. The minimum Gasteiger partial charge on any atom is -0.464 e. The Kier molecular flexibility index (Phi) is 10.7. The summed E-state index contributed by atoms with van der Waals surface area (Å²) in [6.45, 7) is 1.97. The topological polar surface area (TPSA) is 100 Å². The van der Waals surface area contributed by atoms with Crippen molar-refractivity contribution in [3.05, 3.63) is 0 Å². The highest BCUT2D eigenvalue weighted by atomic mass is 16.6. The normalized spacial score (nSPS) is 9.60. The van der Waals surface area contributed by atoms with Gasteiger partial charge in [-0.15, -0.1) is 0 Å². The summed E-state index contributed by atoms with van der Waals surface area (Å²) in [5, 5.41) is 16.8. The molecule has 0 rings (SSSR count). The first-order chi connectivity index (χ1) is 9.67. The van der Waals surface area contributed by atoms with E-state index in [1.54, 1.807) is 0 Å². The van der Waals surface area contributed by atoms with Gasteiger partial charge >= 0.3 is 11.9 Å². The molecule has 6 nitrogen and oxygen atoms in total. The van der Waals surface area contributed by atoms with Gasteiger partial charge in [0.05, 0.1) is 25.0 Å². The standard InChI is InChI=1S/C14H20N2O4/c1-2-3-4-7-12(13(17)19-10-5-8-15)14(18)20-11-6-9-16/h12H,2-7,10-11H2,1H3. The van der Waals surface area contributed by atoms with Crippen molar-refractivity contribution in [2.45, 2.75) is 45.4 Å². The van der Waals surface area contributed by atoms with Crippen molar-refractivity contribution in [3.63, 3.8) is 0 Å². The van der Waals surface area contributed by atoms with Crippen molar-refractivity contribution in [2.75, 3.05) is 13.2 Å². The molecule has 0 spiro atoms. The second-order valence-electron chi connectivity index (χ2n) is 4.20. The van der Waals surface area contributed by atoms with Gasteiger partial charge in [0.25, 0.3) is 0 Å². The van der Waals surface area contributed by atoms with Crippen molar-refractivity contribution in [3.8, 4) is 12.1 Å². The first-order valence-corrected chi connectivity index (χ1v) is 6.74. The van der Waals surface area contributed by atoms with E-state index in [1.165, 1.54) is 0 Å². The number of hydrogen-bond donors (Lipinski definition) is 0. The van der Waals surface area contributed by atoms with Crippen molar-refractivity contribution in [2.24, 2.45) is 5.92 Å². The Balaban J connectivity index is 4.38. The zero-order valence-electron chi connectivity index (χ0n) is 11.8. The largest absolute Gasteiger partial charge is 0.464 e. The molecule has 0 bridgehead atoms. The zero-order valence-corrected chi connectivity index (χ0v) is 11.8. The smallest absolute Gasteiger partial charge is 0.320 e. The Hall–Kier alpha value is -2.08. The number of carbonyl (C=O) groups is 2. The number of hydrogen-bond acceptors (Lipinski definition) is 6. The molecule has 0 saturated carbocycles. The Morgan fingerprint density at radius 3 is 1.90 bits per heavy atom. The summed E-state index contributed by atoms with van der Waals surface area (Å²) >= 11 is 0. The third-order valence-electron chi connectivity index (χ3n) is 2.58. The van der Waals surface area contributed by atoms with Crippen LogP contribution >= 0.6 is 0 Å². The summed E-state index contributed by atoms with van der Waals surface area (Å²) in [5.74, 6) is -2.27. The Morgan fingerprint density at radius 1 is 1.00 bits per heavy atom. The fourth-order valence-corrected chi connectivity index (χ4v) is 1.53. The number of ether oxygens (including phenoxy) is 2. The van der Waals surface area contributed by atoms with Gasteiger partial charge in [0, 0.05) is 0 Å². The van der Waals surface area contributed by atoms with Gasteiger partial charge in [-0.05, 0) is 6.42 Å². The molecule has 0 aromatic carbocycles. The van der Waals surface area contributed by atoms with Crippen LogP contribution in [0.15, 0.2) is 0 Å². The number of esters is 2. The van der Waals surface area contributed by atoms with Crippen molar-refractivity contribution >= 4 is 11.9 Å². The molecule has 0 radical (unpaired) electrons. The van der Waals surface area contributed by atoms with Crippen molar-refractivity contribution < 1.29 is 19.1 Å². The van der Waals surface area contributed by atoms with Crippen LogP contribution in [0.1, 0.15) is 45.4 Å². The minimum absolute atomic E-state index is 0.0227. The molecule has 110 valence electrons. The molecule has 0 saturated heterocycles. The van der Waals surface area contributed by atoms with E-state index in [4.69, 9.17) is 20.0 Å². The van der Waals surface area contributed by atoms with Crippen LogP contribution in [0.25, 0.3) is 0 Å². The van der Waals surface area contributed by atoms with E-state index in [0.29, 0.717) is 6.42 Å². The average Bonchev–Trinajstić information content (AvgIpc) is 2.44. The van der Waals surface area contributed by atoms with Gasteiger partial charge in [-0.1, -0.05) is 26.2 Å². The summed E-state index contributed by atoms with van der Waals surface area (Å²) < 4.78 is 9.75. The van der Waals surface area contributed by atoms with Crippen LogP contribution in [0.2, 0.25) is 0 Å². The lowest BCUT2D eigenvalue weighted by molar-refractivity contribution is -0.162. The molecule has 6 heteroatoms. The van der Waals surface area contributed by atoms with Crippen LogP contribution < -0.4 is 0 Å². The fourth-order valence-electron chi connectivity index (χ4n) is 1.53. The van der Waals surface area contributed by atoms with Gasteiger partial charge in [0.15, 0.2) is 5.92 Å². The number of rotatable bonds is 10. The summed E-state index contributed by atoms with van der Waals surface area (Å²) in [7, 11) is 0. The van der Waals surface area contributed by atoms with E-state index >= 15 is 0 Å². The zero-order chi connectivity index (χ0) is 15.2. The lowest BCUT2D eigenvalue weighted by atomic mass is 10.0. The van der Waals surface area contributed by atoms with Crippen LogP contribution in [-0.2, 0) is 19.1 Å². The van der Waals surface area contributed by atoms with E-state index in [9.17, 15) is 9.59 Å². The average molecular weight is 280 g/mol. The first kappa shape index (κ1) is 17.9. The van der Waals surface area contributed by atoms with E-state index in [2.05, 4.69) is 0 Å². The summed E-state index contributed by atoms with van der Waals surface area (Å²) in [6, 6.07) is 3.71. The van der Waals surface area contributed by atoms with E-state index < -0.39 is 17.9 Å². The molecule has 0 aliphatic heterocycles. The molecule has 20 heavy (non-hydrogen) atoms. The molecular weight excluding hydrogens is 260 g/mol. The highest BCUT2D eigenvalue weighted by Crippen LogP contribution is 2.14. The molecule has 0 fully saturated rings. The van der Waals surface area contributed by atoms with Gasteiger partial charge < -0.3 is 9.47 Å². The third kappa shape index (κ3) is 8.10. The second-order valence-corrected chi connectivity index (χ2v) is 4.20. The van der Waals surface area contributed by atoms with Gasteiger partial charge in [-0.2, -0.15) is 10.5 Å². The van der Waals surface area contributed by atoms with Crippen LogP contribution in [0, 0.1) is 28.6 Å². The lowest BCUT2D eigenvalue weighted by Gasteiger charge is -2.14. The number of nitriles is 2. The maximum Gasteiger partial charge on any atom is 0.320 e. The molecule has 0 aliphatic carbocycles. The summed E-state index contributed by atoms with van der Waals surface area (Å²) in [4.78, 5) is 23.6. The van der Waals surface area contributed by atoms with Crippen LogP contribution in [-0.4, -0.2) is 25.2 Å². The van der Waals surface area contributed by atoms with Crippen LogP contribution in [0.5, 0.6) is 0 Å². The van der Waals surface area contributed by atoms with Crippen molar-refractivity contribution in [1.29, 1.82) is 10.5 Å². The molecule has 0 aromatic heterocycles. The molecular formula is C14H20N2O4. The predicted molar refractivity (Wildman–Crippen MR) is 70.0 cm³/mol. The van der Waals surface area contributed by atoms with Crippen molar-refractivity contribution in [1.82, 2.24) is 0 Å². The molecule has 0 aromatic rings. The quantitative estimate of drug-likeness (QED) is 0.345. The molecule has 0 amide bonds. The Bertz CT molecular complexity index is 350. The predicted octanol–water partition coefficient (Wildman–Crippen LogP) is 2.10. The number of carbonyl (C=O) groups excluding carboxylic acids is 2. The number of unbranched alkanes of at least 4 members (excludes halogenated alkanes) is 2. The van der Waals surface area contributed by atoms with E-state index in [-0.39, 0.29) is 26.1 Å². The van der Waals surface area contributed by atoms with E-state index in [1.807, 2.05) is 19.1 Å². The Labute approximate surface area is 119 Å². The molecule has 0 heterocycles. The minimum atomic E-state index is -0.959. The second kappa shape index (κ2) is 12.0. The third-order valence-corrected chi connectivity index (χ3v) is 2.58. The SMILES string of the molecule is CCCCCC(C(=O)OCCC#N)C(=O)OCCC#N. The van der Waals surface area contributed by atoms with Gasteiger partial charge in [0.2, 0.25) is 0 Å². The summed E-state index contributed by atoms with van der Waals surface area (Å²) in [5.41, 5.74) is 0. The molecule has 0 atom stereocenters. The van der Waals surface area contributed by atoms with Gasteiger partial charge in [-0.25, -0.2) is 0 Å². The Morgan fingerprint density at radius 2 is 1.50 bits per heavy atom. The lowest BCUT2D eigenvalue weighted by Crippen LogP contribution is -2.28. The molecule has 0 unspecified atom stereocenters. The van der Waals surface area contributed by atoms with Gasteiger partial charge in [0.1, 0.15) is 13.2 Å². The number of nitrogens with zero attached hydrogens (tertiary/aromatic N) is 2. The monoisotopic (exact) mass is 280 g/mol. The fraction of sp³-hybridized carbons (Fsp3) is 0.714. The molecule has 0 N–H and O–H groups in total. The molecule has 0 aliphatic rings. The first-order valence-electron chi connectivity index (χ1n) is 6.74.